The van der Waals surface area contributed by atoms with Crippen LogP contribution in [-0.2, 0) is 16.1 Å². The lowest BCUT2D eigenvalue weighted by Crippen LogP contribution is -2.52. The Labute approximate surface area is 163 Å². The van der Waals surface area contributed by atoms with Gasteiger partial charge in [-0.3, -0.25) is 19.7 Å². The van der Waals surface area contributed by atoms with E-state index in [-0.39, 0.29) is 18.2 Å². The van der Waals surface area contributed by atoms with Crippen LogP contribution in [0.15, 0.2) is 35.3 Å². The predicted molar refractivity (Wildman–Crippen MR) is 98.5 cm³/mol. The second-order valence-corrected chi connectivity index (χ2v) is 7.38. The molecule has 0 spiro atoms. The van der Waals surface area contributed by atoms with Crippen molar-refractivity contribution in [2.45, 2.75) is 25.4 Å². The number of aromatic nitrogens is 4. The Hall–Kier alpha value is -3.40. The lowest BCUT2D eigenvalue weighted by molar-refractivity contribution is -0.136. The zero-order chi connectivity index (χ0) is 19.3. The first kappa shape index (κ1) is 16.8. The second kappa shape index (κ2) is 6.34. The Morgan fingerprint density at radius 2 is 2.07 bits per heavy atom. The number of thiazole rings is 1. The largest absolute Gasteiger partial charge is 0.322 e. The van der Waals surface area contributed by atoms with E-state index in [2.05, 4.69) is 20.6 Å². The summed E-state index contributed by atoms with van der Waals surface area (Å²) in [7, 11) is 0. The summed E-state index contributed by atoms with van der Waals surface area (Å²) in [5.74, 6) is -0.928. The van der Waals surface area contributed by atoms with E-state index in [1.807, 2.05) is 17.5 Å². The third kappa shape index (κ3) is 2.69. The molecule has 4 heterocycles. The molecule has 0 saturated carbocycles. The van der Waals surface area contributed by atoms with Crippen LogP contribution >= 0.6 is 11.3 Å². The first-order valence-corrected chi connectivity index (χ1v) is 9.63. The van der Waals surface area contributed by atoms with Crippen LogP contribution in [0.5, 0.6) is 0 Å². The van der Waals surface area contributed by atoms with Gasteiger partial charge in [-0.25, -0.2) is 9.67 Å². The third-order valence-corrected chi connectivity index (χ3v) is 5.55. The SMILES string of the molecule is O=C1CCC(N2Cc3ccc(-n4cc(-c5cscn5)nn4)cc3C2=O)C(=O)N1. The van der Waals surface area contributed by atoms with Crippen molar-refractivity contribution in [3.05, 3.63) is 46.4 Å². The van der Waals surface area contributed by atoms with Crippen molar-refractivity contribution in [1.82, 2.24) is 30.2 Å². The number of hydrogen-bond donors (Lipinski definition) is 1. The maximum atomic E-state index is 12.9. The molecule has 10 heteroatoms. The molecule has 5 rings (SSSR count). The fraction of sp³-hybridized carbons (Fsp3) is 0.222. The summed E-state index contributed by atoms with van der Waals surface area (Å²) in [4.78, 5) is 42.2. The molecule has 1 fully saturated rings. The molecule has 0 radical (unpaired) electrons. The first-order valence-electron chi connectivity index (χ1n) is 8.69. The minimum absolute atomic E-state index is 0.216. The maximum Gasteiger partial charge on any atom is 0.255 e. The van der Waals surface area contributed by atoms with Crippen LogP contribution < -0.4 is 5.32 Å². The van der Waals surface area contributed by atoms with Gasteiger partial charge in [0.15, 0.2) is 0 Å². The Bertz CT molecular complexity index is 1110. The Morgan fingerprint density at radius 3 is 2.86 bits per heavy atom. The van der Waals surface area contributed by atoms with Crippen molar-refractivity contribution in [2.75, 3.05) is 0 Å². The third-order valence-electron chi connectivity index (χ3n) is 4.96. The molecule has 1 atom stereocenters. The topological polar surface area (TPSA) is 110 Å². The van der Waals surface area contributed by atoms with Gasteiger partial charge in [0, 0.05) is 23.9 Å². The summed E-state index contributed by atoms with van der Waals surface area (Å²) in [6, 6.07) is 4.85. The van der Waals surface area contributed by atoms with Crippen molar-refractivity contribution >= 4 is 29.1 Å². The monoisotopic (exact) mass is 394 g/mol. The Morgan fingerprint density at radius 1 is 1.18 bits per heavy atom. The highest BCUT2D eigenvalue weighted by Gasteiger charge is 2.39. The van der Waals surface area contributed by atoms with Crippen molar-refractivity contribution in [2.24, 2.45) is 0 Å². The van der Waals surface area contributed by atoms with Gasteiger partial charge < -0.3 is 4.90 Å². The molecule has 2 aromatic heterocycles. The average Bonchev–Trinajstić information content (AvgIpc) is 3.42. The van der Waals surface area contributed by atoms with Crippen LogP contribution in [0, 0.1) is 0 Å². The fourth-order valence-corrected chi connectivity index (χ4v) is 4.08. The summed E-state index contributed by atoms with van der Waals surface area (Å²) in [6.45, 7) is 0.349. The van der Waals surface area contributed by atoms with Crippen LogP contribution in [0.3, 0.4) is 0 Å². The molecule has 140 valence electrons. The minimum atomic E-state index is -0.622. The molecule has 3 aromatic rings. The molecular weight excluding hydrogens is 380 g/mol. The molecular formula is C18H14N6O3S. The van der Waals surface area contributed by atoms with Gasteiger partial charge in [-0.05, 0) is 24.1 Å². The smallest absolute Gasteiger partial charge is 0.255 e. The molecule has 2 aliphatic heterocycles. The second-order valence-electron chi connectivity index (χ2n) is 6.66. The number of nitrogens with one attached hydrogen (secondary N) is 1. The number of carbonyl (C=O) groups is 3. The maximum absolute atomic E-state index is 12.9. The lowest BCUT2D eigenvalue weighted by atomic mass is 10.0. The zero-order valence-corrected chi connectivity index (χ0v) is 15.3. The van der Waals surface area contributed by atoms with Gasteiger partial charge in [-0.15, -0.1) is 16.4 Å². The molecule has 2 aliphatic rings. The number of imide groups is 1. The zero-order valence-electron chi connectivity index (χ0n) is 14.5. The molecule has 1 aromatic carbocycles. The lowest BCUT2D eigenvalue weighted by Gasteiger charge is -2.29. The summed E-state index contributed by atoms with van der Waals surface area (Å²) in [5, 5.41) is 12.5. The van der Waals surface area contributed by atoms with Gasteiger partial charge in [-0.1, -0.05) is 11.3 Å². The summed E-state index contributed by atoms with van der Waals surface area (Å²) in [5.41, 5.74) is 5.21. The highest BCUT2D eigenvalue weighted by Crippen LogP contribution is 2.29. The van der Waals surface area contributed by atoms with Crippen molar-refractivity contribution in [1.29, 1.82) is 0 Å². The van der Waals surface area contributed by atoms with Crippen molar-refractivity contribution in [3.63, 3.8) is 0 Å². The molecule has 9 nitrogen and oxygen atoms in total. The predicted octanol–water partition coefficient (Wildman–Crippen LogP) is 1.15. The molecule has 0 aliphatic carbocycles. The number of piperidine rings is 1. The van der Waals surface area contributed by atoms with Gasteiger partial charge >= 0.3 is 0 Å². The van der Waals surface area contributed by atoms with E-state index in [1.165, 1.54) is 16.2 Å². The normalized spacial score (nSPS) is 19.1. The summed E-state index contributed by atoms with van der Waals surface area (Å²) < 4.78 is 1.59. The molecule has 3 amide bonds. The average molecular weight is 394 g/mol. The number of amides is 3. The molecule has 0 bridgehead atoms. The van der Waals surface area contributed by atoms with Gasteiger partial charge in [-0.2, -0.15) is 0 Å². The molecule has 1 unspecified atom stereocenters. The minimum Gasteiger partial charge on any atom is -0.322 e. The molecule has 1 N–H and O–H groups in total. The Kier molecular flexibility index (Phi) is 3.79. The molecule has 1 saturated heterocycles. The van der Waals surface area contributed by atoms with Crippen LogP contribution in [0.25, 0.3) is 17.1 Å². The number of nitrogens with zero attached hydrogens (tertiary/aromatic N) is 5. The highest BCUT2D eigenvalue weighted by atomic mass is 32.1. The number of fused-ring (bicyclic) bond motifs is 1. The van der Waals surface area contributed by atoms with Gasteiger partial charge in [0.25, 0.3) is 5.91 Å². The summed E-state index contributed by atoms with van der Waals surface area (Å²) in [6.07, 6.45) is 2.34. The number of benzene rings is 1. The quantitative estimate of drug-likeness (QED) is 0.668. The van der Waals surface area contributed by atoms with E-state index in [1.54, 1.807) is 22.5 Å². The Balaban J connectivity index is 1.42. The van der Waals surface area contributed by atoms with E-state index in [0.29, 0.717) is 29.9 Å². The number of carbonyl (C=O) groups excluding carboxylic acids is 3. The van der Waals surface area contributed by atoms with Crippen molar-refractivity contribution in [3.8, 4) is 17.1 Å². The van der Waals surface area contributed by atoms with E-state index < -0.39 is 11.9 Å². The number of rotatable bonds is 3. The van der Waals surface area contributed by atoms with Gasteiger partial charge in [0.1, 0.15) is 17.4 Å². The highest BCUT2D eigenvalue weighted by molar-refractivity contribution is 7.07. The first-order chi connectivity index (χ1) is 13.6. The van der Waals surface area contributed by atoms with Gasteiger partial charge in [0.05, 0.1) is 17.4 Å². The molecule has 28 heavy (non-hydrogen) atoms. The van der Waals surface area contributed by atoms with Crippen LogP contribution in [0.2, 0.25) is 0 Å². The number of hydrogen-bond acceptors (Lipinski definition) is 7. The summed E-state index contributed by atoms with van der Waals surface area (Å²) >= 11 is 1.48. The van der Waals surface area contributed by atoms with Crippen LogP contribution in [0.1, 0.15) is 28.8 Å². The van der Waals surface area contributed by atoms with Crippen LogP contribution in [-0.4, -0.2) is 48.6 Å². The fourth-order valence-electron chi connectivity index (χ4n) is 3.53. The van der Waals surface area contributed by atoms with Crippen molar-refractivity contribution < 1.29 is 14.4 Å². The van der Waals surface area contributed by atoms with E-state index >= 15 is 0 Å². The van der Waals surface area contributed by atoms with Crippen LogP contribution in [0.4, 0.5) is 0 Å². The van der Waals surface area contributed by atoms with E-state index in [0.717, 1.165) is 11.3 Å². The standard InChI is InChI=1S/C18H14N6O3S/c25-16-4-3-15(17(26)20-16)23-6-10-1-2-11(5-12(10)18(23)27)24-7-13(21-22-24)14-8-28-9-19-14/h1-2,5,7-9,15H,3-4,6H2,(H,20,25,26). The van der Waals surface area contributed by atoms with E-state index in [4.69, 9.17) is 0 Å². The van der Waals surface area contributed by atoms with Gasteiger partial charge in [0.2, 0.25) is 11.8 Å². The van der Waals surface area contributed by atoms with E-state index in [9.17, 15) is 14.4 Å².